The summed E-state index contributed by atoms with van der Waals surface area (Å²) in [5, 5.41) is 0. The Hall–Kier alpha value is -2.01. The predicted octanol–water partition coefficient (Wildman–Crippen LogP) is 4.08. The summed E-state index contributed by atoms with van der Waals surface area (Å²) in [6.07, 6.45) is 14.4. The van der Waals surface area contributed by atoms with Crippen LogP contribution in [-0.2, 0) is 19.5 Å². The molecule has 2 fully saturated rings. The molecule has 0 N–H and O–H groups in total. The molecule has 1 aliphatic carbocycles. The van der Waals surface area contributed by atoms with Crippen LogP contribution in [0, 0.1) is 0 Å². The Kier molecular flexibility index (Phi) is 5.26. The first-order valence-electron chi connectivity index (χ1n) is 11.1. The van der Waals surface area contributed by atoms with Crippen LogP contribution in [0.1, 0.15) is 73.5 Å². The van der Waals surface area contributed by atoms with Gasteiger partial charge >= 0.3 is 0 Å². The fourth-order valence-electron chi connectivity index (χ4n) is 4.98. The van der Waals surface area contributed by atoms with Gasteiger partial charge in [-0.2, -0.15) is 0 Å². The third-order valence-electron chi connectivity index (χ3n) is 6.65. The fourth-order valence-corrected chi connectivity index (χ4v) is 4.98. The summed E-state index contributed by atoms with van der Waals surface area (Å²) >= 11 is 0. The second-order valence-corrected chi connectivity index (χ2v) is 8.71. The number of nitrogens with zero attached hydrogens (tertiary/aromatic N) is 5. The van der Waals surface area contributed by atoms with E-state index in [9.17, 15) is 0 Å². The topological polar surface area (TPSA) is 45.2 Å². The Bertz CT molecular complexity index is 791. The van der Waals surface area contributed by atoms with Gasteiger partial charge in [0.1, 0.15) is 11.6 Å². The maximum atomic E-state index is 4.98. The lowest BCUT2D eigenvalue weighted by Crippen LogP contribution is -2.31. The van der Waals surface area contributed by atoms with Crippen molar-refractivity contribution in [2.24, 2.45) is 0 Å². The number of hydrogen-bond acceptors (Lipinski definition) is 5. The van der Waals surface area contributed by atoms with E-state index in [1.54, 1.807) is 0 Å². The smallest absolute Gasteiger partial charge is 0.131 e. The van der Waals surface area contributed by atoms with E-state index in [2.05, 4.69) is 34.3 Å². The standard InChI is InChI=1S/C23H31N5/c1-2-6-19(7-3-1)23-25-15-20-17-27(13-10-21(20)26-23)16-18-8-9-22(24-14-18)28-11-4-5-12-28/h8-9,14-15,19H,1-7,10-13,16-17H2. The molecule has 2 aliphatic heterocycles. The second kappa shape index (κ2) is 8.16. The van der Waals surface area contributed by atoms with Crippen molar-refractivity contribution in [1.82, 2.24) is 19.9 Å². The molecule has 148 valence electrons. The van der Waals surface area contributed by atoms with E-state index >= 15 is 0 Å². The lowest BCUT2D eigenvalue weighted by molar-refractivity contribution is 0.242. The molecule has 0 spiro atoms. The number of anilines is 1. The van der Waals surface area contributed by atoms with Gasteiger partial charge in [0.25, 0.3) is 0 Å². The Balaban J connectivity index is 1.22. The van der Waals surface area contributed by atoms with E-state index in [0.717, 1.165) is 50.8 Å². The lowest BCUT2D eigenvalue weighted by Gasteiger charge is -2.29. The summed E-state index contributed by atoms with van der Waals surface area (Å²) in [5.41, 5.74) is 3.90. The van der Waals surface area contributed by atoms with Crippen molar-refractivity contribution in [3.63, 3.8) is 0 Å². The molecule has 1 saturated heterocycles. The van der Waals surface area contributed by atoms with Crippen molar-refractivity contribution in [2.75, 3.05) is 24.5 Å². The highest BCUT2D eigenvalue weighted by atomic mass is 15.2. The van der Waals surface area contributed by atoms with E-state index < -0.39 is 0 Å². The number of fused-ring (bicyclic) bond motifs is 1. The highest BCUT2D eigenvalue weighted by Crippen LogP contribution is 2.31. The van der Waals surface area contributed by atoms with Crippen LogP contribution >= 0.6 is 0 Å². The molecule has 0 amide bonds. The van der Waals surface area contributed by atoms with E-state index in [-0.39, 0.29) is 0 Å². The zero-order valence-corrected chi connectivity index (χ0v) is 16.8. The van der Waals surface area contributed by atoms with Gasteiger partial charge in [-0.15, -0.1) is 0 Å². The van der Waals surface area contributed by atoms with Crippen LogP contribution in [0.2, 0.25) is 0 Å². The maximum absolute atomic E-state index is 4.98. The number of rotatable bonds is 4. The lowest BCUT2D eigenvalue weighted by atomic mass is 9.88. The van der Waals surface area contributed by atoms with Crippen molar-refractivity contribution in [3.8, 4) is 0 Å². The summed E-state index contributed by atoms with van der Waals surface area (Å²) in [6.45, 7) is 5.28. The maximum Gasteiger partial charge on any atom is 0.131 e. The third kappa shape index (κ3) is 3.90. The Morgan fingerprint density at radius 2 is 1.75 bits per heavy atom. The van der Waals surface area contributed by atoms with Gasteiger partial charge in [-0.05, 0) is 37.3 Å². The molecule has 0 aromatic carbocycles. The first-order chi connectivity index (χ1) is 13.8. The van der Waals surface area contributed by atoms with Gasteiger partial charge in [0.15, 0.2) is 0 Å². The van der Waals surface area contributed by atoms with Crippen LogP contribution in [0.4, 0.5) is 5.82 Å². The van der Waals surface area contributed by atoms with Crippen molar-refractivity contribution >= 4 is 5.82 Å². The third-order valence-corrected chi connectivity index (χ3v) is 6.65. The quantitative estimate of drug-likeness (QED) is 0.803. The zero-order valence-electron chi connectivity index (χ0n) is 16.8. The molecule has 5 rings (SSSR count). The molecule has 2 aromatic rings. The van der Waals surface area contributed by atoms with Gasteiger partial charge < -0.3 is 4.90 Å². The minimum Gasteiger partial charge on any atom is -0.357 e. The van der Waals surface area contributed by atoms with Crippen LogP contribution in [-0.4, -0.2) is 39.5 Å². The molecule has 0 atom stereocenters. The van der Waals surface area contributed by atoms with E-state index in [1.807, 2.05) is 0 Å². The summed E-state index contributed by atoms with van der Waals surface area (Å²) in [7, 11) is 0. The van der Waals surface area contributed by atoms with Gasteiger partial charge in [0.05, 0.1) is 0 Å². The molecule has 3 aliphatic rings. The molecule has 4 heterocycles. The number of aromatic nitrogens is 3. The van der Waals surface area contributed by atoms with Gasteiger partial charge in [0, 0.05) is 68.7 Å². The first-order valence-corrected chi connectivity index (χ1v) is 11.1. The molecule has 0 unspecified atom stereocenters. The largest absolute Gasteiger partial charge is 0.357 e. The molecule has 0 radical (unpaired) electrons. The zero-order chi connectivity index (χ0) is 18.8. The van der Waals surface area contributed by atoms with Crippen LogP contribution in [0.5, 0.6) is 0 Å². The monoisotopic (exact) mass is 377 g/mol. The number of hydrogen-bond donors (Lipinski definition) is 0. The molecule has 5 heteroatoms. The van der Waals surface area contributed by atoms with E-state index in [4.69, 9.17) is 15.0 Å². The molecule has 5 nitrogen and oxygen atoms in total. The SMILES string of the molecule is c1cc(N2CCCC2)ncc1CN1CCc2nc(C3CCCCC3)ncc2C1. The molecule has 1 saturated carbocycles. The van der Waals surface area contributed by atoms with Crippen LogP contribution < -0.4 is 4.90 Å². The number of pyridine rings is 1. The molecular formula is C23H31N5. The first kappa shape index (κ1) is 18.0. The van der Waals surface area contributed by atoms with Crippen LogP contribution in [0.3, 0.4) is 0 Å². The van der Waals surface area contributed by atoms with E-state index in [1.165, 1.54) is 61.8 Å². The fraction of sp³-hybridized carbons (Fsp3) is 0.609. The minimum absolute atomic E-state index is 0.595. The van der Waals surface area contributed by atoms with Gasteiger partial charge in [0.2, 0.25) is 0 Å². The average Bonchev–Trinajstić information content (AvgIpc) is 3.29. The Morgan fingerprint density at radius 1 is 0.893 bits per heavy atom. The van der Waals surface area contributed by atoms with Gasteiger partial charge in [-0.3, -0.25) is 4.90 Å². The summed E-state index contributed by atoms with van der Waals surface area (Å²) in [4.78, 5) is 19.3. The van der Waals surface area contributed by atoms with Crippen LogP contribution in [0.15, 0.2) is 24.5 Å². The second-order valence-electron chi connectivity index (χ2n) is 8.71. The van der Waals surface area contributed by atoms with Crippen molar-refractivity contribution < 1.29 is 0 Å². The van der Waals surface area contributed by atoms with Crippen molar-refractivity contribution in [2.45, 2.75) is 70.4 Å². The normalized spacial score (nSPS) is 21.1. The Labute approximate surface area is 168 Å². The highest BCUT2D eigenvalue weighted by molar-refractivity contribution is 5.40. The average molecular weight is 378 g/mol. The minimum atomic E-state index is 0.595. The van der Waals surface area contributed by atoms with Gasteiger partial charge in [-0.25, -0.2) is 15.0 Å². The van der Waals surface area contributed by atoms with Crippen molar-refractivity contribution in [1.29, 1.82) is 0 Å². The van der Waals surface area contributed by atoms with Crippen molar-refractivity contribution in [3.05, 3.63) is 47.2 Å². The van der Waals surface area contributed by atoms with E-state index in [0.29, 0.717) is 5.92 Å². The Morgan fingerprint density at radius 3 is 2.54 bits per heavy atom. The molecule has 2 aromatic heterocycles. The summed E-state index contributed by atoms with van der Waals surface area (Å²) in [6, 6.07) is 4.44. The summed E-state index contributed by atoms with van der Waals surface area (Å²) in [5.74, 6) is 2.83. The highest BCUT2D eigenvalue weighted by Gasteiger charge is 2.23. The predicted molar refractivity (Wildman–Crippen MR) is 111 cm³/mol. The molecular weight excluding hydrogens is 346 g/mol. The van der Waals surface area contributed by atoms with Crippen LogP contribution in [0.25, 0.3) is 0 Å². The summed E-state index contributed by atoms with van der Waals surface area (Å²) < 4.78 is 0. The van der Waals surface area contributed by atoms with Gasteiger partial charge in [-0.1, -0.05) is 25.3 Å². The molecule has 28 heavy (non-hydrogen) atoms. The molecule has 0 bridgehead atoms.